The van der Waals surface area contributed by atoms with E-state index in [1.54, 1.807) is 12.1 Å². The van der Waals surface area contributed by atoms with Gasteiger partial charge in [0.15, 0.2) is 11.5 Å². The Kier molecular flexibility index (Phi) is 11.4. The van der Waals surface area contributed by atoms with Crippen molar-refractivity contribution < 1.29 is 37.3 Å². The number of carboxylic acid groups (broad SMARTS) is 1. The molecule has 1 amide bonds. The second kappa shape index (κ2) is 14.3. The molecule has 0 aromatic heterocycles. The van der Waals surface area contributed by atoms with Gasteiger partial charge in [0.2, 0.25) is 28.5 Å². The van der Waals surface area contributed by atoms with Gasteiger partial charge in [-0.25, -0.2) is 13.1 Å². The molecule has 0 aliphatic carbocycles. The van der Waals surface area contributed by atoms with E-state index in [9.17, 15) is 23.1 Å². The molecule has 12 nitrogen and oxygen atoms in total. The number of amides is 1. The topological polar surface area (TPSA) is 138 Å². The lowest BCUT2D eigenvalue weighted by Gasteiger charge is -2.30. The van der Waals surface area contributed by atoms with Crippen molar-refractivity contribution >= 4 is 21.9 Å². The number of carbonyl (C=O) groups is 2. The van der Waals surface area contributed by atoms with E-state index >= 15 is 0 Å². The number of sulfonamides is 1. The summed E-state index contributed by atoms with van der Waals surface area (Å²) in [6.07, 6.45) is 3.98. The zero-order valence-electron chi connectivity index (χ0n) is 24.2. The number of ether oxygens (including phenoxy) is 3. The summed E-state index contributed by atoms with van der Waals surface area (Å²) < 4.78 is 42.5. The molecule has 3 atom stereocenters. The Morgan fingerprint density at radius 3 is 2.52 bits per heavy atom. The Hall–Kier alpha value is -2.61. The van der Waals surface area contributed by atoms with Crippen LogP contribution in [-0.2, 0) is 19.6 Å². The molecule has 3 unspecified atom stereocenters. The number of benzene rings is 1. The van der Waals surface area contributed by atoms with Crippen molar-refractivity contribution in [2.75, 3.05) is 73.5 Å². The quantitative estimate of drug-likeness (QED) is 0.293. The summed E-state index contributed by atoms with van der Waals surface area (Å²) >= 11 is 0. The van der Waals surface area contributed by atoms with Gasteiger partial charge in [0, 0.05) is 38.1 Å². The van der Waals surface area contributed by atoms with Crippen LogP contribution < -0.4 is 18.9 Å². The number of unbranched alkanes of at least 4 members (excludes halogenated alkanes) is 1. The van der Waals surface area contributed by atoms with E-state index in [-0.39, 0.29) is 32.2 Å². The molecule has 226 valence electrons. The number of hydrogen-bond acceptors (Lipinski definition) is 9. The second-order valence-electron chi connectivity index (χ2n) is 10.8. The summed E-state index contributed by atoms with van der Waals surface area (Å²) in [7, 11) is 2.04. The van der Waals surface area contributed by atoms with Gasteiger partial charge in [0.05, 0.1) is 25.8 Å². The first kappa shape index (κ1) is 31.9. The van der Waals surface area contributed by atoms with Crippen LogP contribution in [0.2, 0.25) is 0 Å². The molecular weight excluding hydrogens is 540 g/mol. The Morgan fingerprint density at radius 2 is 1.90 bits per heavy atom. The summed E-state index contributed by atoms with van der Waals surface area (Å²) in [5.74, 6) is -1.01. The molecule has 2 aliphatic heterocycles. The Bertz CT molecular complexity index is 1130. The molecule has 0 saturated carbocycles. The van der Waals surface area contributed by atoms with Crippen molar-refractivity contribution in [3.05, 3.63) is 17.7 Å². The monoisotopic (exact) mass is 584 g/mol. The van der Waals surface area contributed by atoms with Crippen LogP contribution in [0.25, 0.3) is 0 Å². The van der Waals surface area contributed by atoms with Crippen molar-refractivity contribution in [1.29, 1.82) is 0 Å². The third-order valence-electron chi connectivity index (χ3n) is 7.45. The van der Waals surface area contributed by atoms with Gasteiger partial charge in [-0.05, 0) is 57.6 Å². The number of rotatable bonds is 16. The summed E-state index contributed by atoms with van der Waals surface area (Å²) in [6, 6.07) is 2.98. The number of nitrogens with zero attached hydrogens (tertiary/aromatic N) is 3. The van der Waals surface area contributed by atoms with Crippen LogP contribution in [0.3, 0.4) is 0 Å². The molecule has 1 aromatic carbocycles. The first-order valence-corrected chi connectivity index (χ1v) is 15.7. The van der Waals surface area contributed by atoms with E-state index in [0.717, 1.165) is 32.1 Å². The molecule has 2 aliphatic rings. The minimum Gasteiger partial charge on any atom is -0.493 e. The van der Waals surface area contributed by atoms with Gasteiger partial charge in [0.25, 0.3) is 0 Å². The molecule has 13 heteroatoms. The minimum atomic E-state index is -3.46. The number of likely N-dealkylation sites (tertiary alicyclic amines) is 1. The highest BCUT2D eigenvalue weighted by Gasteiger charge is 2.47. The molecule has 0 spiro atoms. The highest BCUT2D eigenvalue weighted by Crippen LogP contribution is 2.47. The van der Waals surface area contributed by atoms with E-state index in [0.29, 0.717) is 42.4 Å². The number of methoxy groups -OCH3 is 1. The molecule has 3 rings (SSSR count). The van der Waals surface area contributed by atoms with Crippen molar-refractivity contribution in [3.63, 3.8) is 0 Å². The fourth-order valence-electron chi connectivity index (χ4n) is 5.51. The Morgan fingerprint density at radius 1 is 1.18 bits per heavy atom. The predicted molar refractivity (Wildman–Crippen MR) is 150 cm³/mol. The van der Waals surface area contributed by atoms with Gasteiger partial charge >= 0.3 is 5.97 Å². The number of fused-ring (bicyclic) bond motifs is 1. The molecule has 0 bridgehead atoms. The smallest absolute Gasteiger partial charge is 0.308 e. The third kappa shape index (κ3) is 8.45. The van der Waals surface area contributed by atoms with Crippen LogP contribution in [0.15, 0.2) is 12.1 Å². The van der Waals surface area contributed by atoms with Gasteiger partial charge in [0.1, 0.15) is 0 Å². The lowest BCUT2D eigenvalue weighted by molar-refractivity contribution is -0.143. The fraction of sp³-hybridized carbons (Fsp3) is 0.704. The maximum atomic E-state index is 13.6. The summed E-state index contributed by atoms with van der Waals surface area (Å²) in [5.41, 5.74) is 0.707. The molecule has 1 saturated heterocycles. The molecule has 40 heavy (non-hydrogen) atoms. The molecule has 1 aromatic rings. The highest BCUT2D eigenvalue weighted by molar-refractivity contribution is 7.88. The number of carbonyl (C=O) groups excluding carboxylic acids is 1. The molecular formula is C27H44N4O8S. The van der Waals surface area contributed by atoms with E-state index in [4.69, 9.17) is 14.2 Å². The van der Waals surface area contributed by atoms with Crippen LogP contribution in [-0.4, -0.2) is 120 Å². The number of nitrogens with one attached hydrogen (secondary N) is 1. The van der Waals surface area contributed by atoms with Crippen LogP contribution in [0.1, 0.15) is 44.1 Å². The van der Waals surface area contributed by atoms with Crippen molar-refractivity contribution in [2.24, 2.45) is 5.92 Å². The van der Waals surface area contributed by atoms with Crippen LogP contribution in [0.5, 0.6) is 17.2 Å². The molecule has 1 fully saturated rings. The van der Waals surface area contributed by atoms with E-state index in [1.807, 2.05) is 23.9 Å². The molecule has 2 heterocycles. The first-order chi connectivity index (χ1) is 18.9. The SMILES string of the molecule is CCCCN(CCCN(C)C)C(=O)CN1CC(c2cc(OC)c3c(c2)OCO3)C(C(=O)O)C1CCNS(C)(=O)=O. The zero-order chi connectivity index (χ0) is 29.4. The minimum absolute atomic E-state index is 0.0456. The van der Waals surface area contributed by atoms with Crippen molar-refractivity contribution in [2.45, 2.75) is 44.6 Å². The molecule has 2 N–H and O–H groups in total. The molecule has 0 radical (unpaired) electrons. The average Bonchev–Trinajstić information content (AvgIpc) is 3.49. The third-order valence-corrected chi connectivity index (χ3v) is 8.18. The number of carboxylic acids is 1. The Balaban J connectivity index is 1.89. The summed E-state index contributed by atoms with van der Waals surface area (Å²) in [4.78, 5) is 32.1. The maximum Gasteiger partial charge on any atom is 0.308 e. The maximum absolute atomic E-state index is 13.6. The lowest BCUT2D eigenvalue weighted by Crippen LogP contribution is -2.46. The van der Waals surface area contributed by atoms with E-state index in [2.05, 4.69) is 16.5 Å². The van der Waals surface area contributed by atoms with E-state index < -0.39 is 33.9 Å². The second-order valence-corrected chi connectivity index (χ2v) is 12.6. The highest BCUT2D eigenvalue weighted by atomic mass is 32.2. The van der Waals surface area contributed by atoms with Crippen molar-refractivity contribution in [1.82, 2.24) is 19.4 Å². The van der Waals surface area contributed by atoms with Crippen LogP contribution in [0, 0.1) is 5.92 Å². The standard InChI is InChI=1S/C27H44N4O8S/c1-6-7-12-30(13-8-11-29(2)3)24(32)17-31-16-20(19-14-22(37-4)26-23(15-19)38-18-39-26)25(27(33)34)21(31)9-10-28-40(5,35)36/h14-15,20-21,25,28H,6-13,16-18H2,1-5H3,(H,33,34). The first-order valence-electron chi connectivity index (χ1n) is 13.8. The van der Waals surface area contributed by atoms with Gasteiger partial charge in [-0.2, -0.15) is 0 Å². The number of hydrogen-bond donors (Lipinski definition) is 2. The summed E-state index contributed by atoms with van der Waals surface area (Å²) in [5, 5.41) is 10.4. The van der Waals surface area contributed by atoms with Crippen LogP contribution >= 0.6 is 0 Å². The fourth-order valence-corrected chi connectivity index (χ4v) is 6.00. The lowest BCUT2D eigenvalue weighted by atomic mass is 9.84. The predicted octanol–water partition coefficient (Wildman–Crippen LogP) is 1.41. The van der Waals surface area contributed by atoms with Crippen molar-refractivity contribution in [3.8, 4) is 17.2 Å². The van der Waals surface area contributed by atoms with Crippen LogP contribution in [0.4, 0.5) is 0 Å². The summed E-state index contributed by atoms with van der Waals surface area (Å²) in [6.45, 7) is 4.68. The van der Waals surface area contributed by atoms with Gasteiger partial charge in [-0.3, -0.25) is 14.5 Å². The van der Waals surface area contributed by atoms with Gasteiger partial charge < -0.3 is 29.1 Å². The van der Waals surface area contributed by atoms with E-state index in [1.165, 1.54) is 7.11 Å². The zero-order valence-corrected chi connectivity index (χ0v) is 25.0. The largest absolute Gasteiger partial charge is 0.493 e. The van der Waals surface area contributed by atoms with Gasteiger partial charge in [-0.1, -0.05) is 13.3 Å². The van der Waals surface area contributed by atoms with Gasteiger partial charge in [-0.15, -0.1) is 0 Å². The Labute approximate surface area is 237 Å². The average molecular weight is 585 g/mol. The number of aliphatic carboxylic acids is 1. The normalized spacial score (nSPS) is 20.7.